The Morgan fingerprint density at radius 2 is 2.12 bits per heavy atom. The SMILES string of the molecule is CC(C)(C)Sc1c(/C=N/O)cccc1[N+](=O)[O-]. The summed E-state index contributed by atoms with van der Waals surface area (Å²) in [5.74, 6) is 0. The summed E-state index contributed by atoms with van der Waals surface area (Å²) in [4.78, 5) is 11.0. The number of benzene rings is 1. The van der Waals surface area contributed by atoms with Gasteiger partial charge in [-0.3, -0.25) is 10.1 Å². The third-order valence-corrected chi connectivity index (χ3v) is 3.09. The van der Waals surface area contributed by atoms with Crippen LogP contribution >= 0.6 is 11.8 Å². The number of nitrogens with zero attached hydrogens (tertiary/aromatic N) is 2. The van der Waals surface area contributed by atoms with Gasteiger partial charge in [-0.05, 0) is 0 Å². The molecule has 0 atom stereocenters. The average molecular weight is 254 g/mol. The molecule has 1 aromatic rings. The van der Waals surface area contributed by atoms with E-state index >= 15 is 0 Å². The fourth-order valence-corrected chi connectivity index (χ4v) is 2.37. The molecule has 0 aliphatic rings. The van der Waals surface area contributed by atoms with Crippen molar-refractivity contribution in [2.24, 2.45) is 5.16 Å². The first-order chi connectivity index (χ1) is 7.85. The van der Waals surface area contributed by atoms with Crippen LogP contribution < -0.4 is 0 Å². The largest absolute Gasteiger partial charge is 0.411 e. The molecule has 0 aromatic heterocycles. The predicted octanol–water partition coefficient (Wildman–Crippen LogP) is 3.29. The average Bonchev–Trinajstić information content (AvgIpc) is 2.18. The van der Waals surface area contributed by atoms with Crippen molar-refractivity contribution in [3.8, 4) is 0 Å². The Balaban J connectivity index is 3.33. The van der Waals surface area contributed by atoms with Gasteiger partial charge in [0.05, 0.1) is 16.0 Å². The second kappa shape index (κ2) is 5.18. The summed E-state index contributed by atoms with van der Waals surface area (Å²) in [7, 11) is 0. The third kappa shape index (κ3) is 3.74. The van der Waals surface area contributed by atoms with E-state index in [1.54, 1.807) is 12.1 Å². The molecule has 0 fully saturated rings. The zero-order chi connectivity index (χ0) is 13.1. The Morgan fingerprint density at radius 1 is 1.47 bits per heavy atom. The summed E-state index contributed by atoms with van der Waals surface area (Å²) < 4.78 is -0.163. The van der Waals surface area contributed by atoms with E-state index in [1.807, 2.05) is 20.8 Å². The van der Waals surface area contributed by atoms with Crippen molar-refractivity contribution in [1.82, 2.24) is 0 Å². The van der Waals surface area contributed by atoms with Crippen LogP contribution in [0.15, 0.2) is 28.3 Å². The Labute approximate surface area is 104 Å². The highest BCUT2D eigenvalue weighted by Crippen LogP contribution is 2.39. The normalized spacial score (nSPS) is 11.9. The lowest BCUT2D eigenvalue weighted by Gasteiger charge is -2.18. The van der Waals surface area contributed by atoms with E-state index in [0.717, 1.165) is 0 Å². The van der Waals surface area contributed by atoms with Crippen LogP contribution in [0.1, 0.15) is 26.3 Å². The number of nitro benzene ring substituents is 1. The lowest BCUT2D eigenvalue weighted by atomic mass is 10.2. The predicted molar refractivity (Wildman–Crippen MR) is 68.1 cm³/mol. The molecule has 0 saturated carbocycles. The van der Waals surface area contributed by atoms with Crippen LogP contribution in [0.5, 0.6) is 0 Å². The molecule has 0 aliphatic carbocycles. The van der Waals surface area contributed by atoms with Crippen LogP contribution in [-0.4, -0.2) is 21.1 Å². The molecule has 1 rings (SSSR count). The molecule has 0 radical (unpaired) electrons. The summed E-state index contributed by atoms with van der Waals surface area (Å²) in [5.41, 5.74) is 0.573. The van der Waals surface area contributed by atoms with Crippen LogP contribution in [-0.2, 0) is 0 Å². The molecule has 1 aromatic carbocycles. The maximum atomic E-state index is 10.9. The van der Waals surface area contributed by atoms with Gasteiger partial charge in [0.15, 0.2) is 0 Å². The van der Waals surface area contributed by atoms with Crippen molar-refractivity contribution in [3.05, 3.63) is 33.9 Å². The fraction of sp³-hybridized carbons (Fsp3) is 0.364. The Hall–Kier alpha value is -1.56. The minimum atomic E-state index is -0.428. The monoisotopic (exact) mass is 254 g/mol. The standard InChI is InChI=1S/C11H14N2O3S/c1-11(2,3)17-10-8(7-12-14)5-4-6-9(10)13(15)16/h4-7,14H,1-3H3/b12-7+. The minimum Gasteiger partial charge on any atom is -0.411 e. The summed E-state index contributed by atoms with van der Waals surface area (Å²) in [6, 6.07) is 4.70. The molecule has 92 valence electrons. The van der Waals surface area contributed by atoms with Gasteiger partial charge in [0, 0.05) is 16.4 Å². The molecular formula is C11H14N2O3S. The lowest BCUT2D eigenvalue weighted by Crippen LogP contribution is -2.09. The van der Waals surface area contributed by atoms with Gasteiger partial charge in [0.2, 0.25) is 0 Å². The van der Waals surface area contributed by atoms with Crippen molar-refractivity contribution < 1.29 is 10.1 Å². The Bertz CT molecular complexity index is 453. The lowest BCUT2D eigenvalue weighted by molar-refractivity contribution is -0.387. The van der Waals surface area contributed by atoms with Gasteiger partial charge in [-0.25, -0.2) is 0 Å². The maximum Gasteiger partial charge on any atom is 0.283 e. The van der Waals surface area contributed by atoms with Crippen LogP contribution in [0.4, 0.5) is 5.69 Å². The molecule has 5 nitrogen and oxygen atoms in total. The van der Waals surface area contributed by atoms with E-state index < -0.39 is 4.92 Å². The topological polar surface area (TPSA) is 75.7 Å². The summed E-state index contributed by atoms with van der Waals surface area (Å²) in [6.07, 6.45) is 1.21. The first-order valence-electron chi connectivity index (χ1n) is 4.99. The number of rotatable bonds is 3. The zero-order valence-electron chi connectivity index (χ0n) is 9.88. The number of hydrogen-bond acceptors (Lipinski definition) is 5. The Morgan fingerprint density at radius 3 is 2.59 bits per heavy atom. The molecule has 0 amide bonds. The van der Waals surface area contributed by atoms with Crippen LogP contribution in [0, 0.1) is 10.1 Å². The zero-order valence-corrected chi connectivity index (χ0v) is 10.7. The molecule has 0 heterocycles. The first kappa shape index (κ1) is 13.5. The highest BCUT2D eigenvalue weighted by Gasteiger charge is 2.23. The Kier molecular flexibility index (Phi) is 4.11. The number of thioether (sulfide) groups is 1. The van der Waals surface area contributed by atoms with Crippen LogP contribution in [0.2, 0.25) is 0 Å². The number of nitro groups is 1. The van der Waals surface area contributed by atoms with E-state index in [4.69, 9.17) is 5.21 Å². The maximum absolute atomic E-state index is 10.9. The van der Waals surface area contributed by atoms with Gasteiger partial charge in [-0.1, -0.05) is 38.1 Å². The quantitative estimate of drug-likeness (QED) is 0.295. The van der Waals surface area contributed by atoms with Crippen molar-refractivity contribution in [2.45, 2.75) is 30.4 Å². The van der Waals surface area contributed by atoms with Gasteiger partial charge in [0.25, 0.3) is 5.69 Å². The second-order valence-electron chi connectivity index (χ2n) is 4.41. The molecule has 17 heavy (non-hydrogen) atoms. The van der Waals surface area contributed by atoms with Crippen molar-refractivity contribution in [2.75, 3.05) is 0 Å². The number of hydrogen-bond donors (Lipinski definition) is 1. The minimum absolute atomic E-state index is 0.0299. The van der Waals surface area contributed by atoms with Crippen molar-refractivity contribution in [1.29, 1.82) is 0 Å². The van der Waals surface area contributed by atoms with Crippen molar-refractivity contribution >= 4 is 23.7 Å². The molecule has 0 aliphatic heterocycles. The third-order valence-electron chi connectivity index (χ3n) is 1.83. The molecule has 0 bridgehead atoms. The van der Waals surface area contributed by atoms with Crippen LogP contribution in [0.25, 0.3) is 0 Å². The second-order valence-corrected chi connectivity index (χ2v) is 6.25. The highest BCUT2D eigenvalue weighted by molar-refractivity contribution is 8.00. The fourth-order valence-electron chi connectivity index (χ4n) is 1.27. The van der Waals surface area contributed by atoms with E-state index in [2.05, 4.69) is 5.16 Å². The molecule has 0 spiro atoms. The van der Waals surface area contributed by atoms with Crippen molar-refractivity contribution in [3.63, 3.8) is 0 Å². The highest BCUT2D eigenvalue weighted by atomic mass is 32.2. The summed E-state index contributed by atoms with van der Waals surface area (Å²) >= 11 is 1.38. The van der Waals surface area contributed by atoms with E-state index in [1.165, 1.54) is 24.0 Å². The van der Waals surface area contributed by atoms with E-state index in [0.29, 0.717) is 10.5 Å². The van der Waals surface area contributed by atoms with Gasteiger partial charge in [-0.2, -0.15) is 0 Å². The molecule has 0 saturated heterocycles. The number of oxime groups is 1. The molecule has 0 unspecified atom stereocenters. The van der Waals surface area contributed by atoms with Gasteiger partial charge in [0.1, 0.15) is 0 Å². The van der Waals surface area contributed by atoms with Gasteiger partial charge >= 0.3 is 0 Å². The summed E-state index contributed by atoms with van der Waals surface area (Å²) in [5, 5.41) is 22.4. The van der Waals surface area contributed by atoms with E-state index in [9.17, 15) is 10.1 Å². The molecular weight excluding hydrogens is 240 g/mol. The molecule has 1 N–H and O–H groups in total. The smallest absolute Gasteiger partial charge is 0.283 e. The van der Waals surface area contributed by atoms with Gasteiger partial charge in [-0.15, -0.1) is 11.8 Å². The first-order valence-corrected chi connectivity index (χ1v) is 5.80. The van der Waals surface area contributed by atoms with Crippen LogP contribution in [0.3, 0.4) is 0 Å². The van der Waals surface area contributed by atoms with E-state index in [-0.39, 0.29) is 10.4 Å². The molecule has 6 heteroatoms. The summed E-state index contributed by atoms with van der Waals surface area (Å²) in [6.45, 7) is 5.90. The van der Waals surface area contributed by atoms with Gasteiger partial charge < -0.3 is 5.21 Å².